The number of alkyl halides is 3. The van der Waals surface area contributed by atoms with Crippen LogP contribution >= 0.6 is 0 Å². The van der Waals surface area contributed by atoms with E-state index in [1.165, 1.54) is 13.1 Å². The van der Waals surface area contributed by atoms with Crippen LogP contribution in [0.25, 0.3) is 11.0 Å². The van der Waals surface area contributed by atoms with Crippen LogP contribution < -0.4 is 10.6 Å². The standard InChI is InChI=1S/C18H17F3N4O/c1-22-16(26)15(10-11-5-4-6-12(9-11)18(19,20)21)25-17-23-13-7-2-3-8-14(13)24-17/h2-9,15H,10H2,1H3,(H,22,26)(H2,23,24,25). The molecule has 1 amide bonds. The van der Waals surface area contributed by atoms with E-state index in [2.05, 4.69) is 20.6 Å². The first-order valence-electron chi connectivity index (χ1n) is 7.96. The number of aromatic nitrogens is 2. The van der Waals surface area contributed by atoms with Crippen LogP contribution in [0.5, 0.6) is 0 Å². The molecule has 1 aromatic heterocycles. The van der Waals surface area contributed by atoms with Gasteiger partial charge < -0.3 is 15.6 Å². The number of amides is 1. The Labute approximate surface area is 147 Å². The number of benzene rings is 2. The second-order valence-corrected chi connectivity index (χ2v) is 5.82. The molecular weight excluding hydrogens is 345 g/mol. The van der Waals surface area contributed by atoms with Crippen LogP contribution in [0.4, 0.5) is 19.1 Å². The number of fused-ring (bicyclic) bond motifs is 1. The van der Waals surface area contributed by atoms with Gasteiger partial charge in [0.2, 0.25) is 11.9 Å². The molecule has 136 valence electrons. The number of carbonyl (C=O) groups is 1. The third-order valence-corrected chi connectivity index (χ3v) is 3.96. The van der Waals surface area contributed by atoms with E-state index in [1.807, 2.05) is 24.3 Å². The lowest BCUT2D eigenvalue weighted by molar-refractivity contribution is -0.137. The van der Waals surface area contributed by atoms with Crippen molar-refractivity contribution in [3.63, 3.8) is 0 Å². The molecule has 3 rings (SSSR count). The molecule has 1 unspecified atom stereocenters. The fourth-order valence-corrected chi connectivity index (χ4v) is 2.68. The third-order valence-electron chi connectivity index (χ3n) is 3.96. The average molecular weight is 362 g/mol. The molecule has 0 bridgehead atoms. The number of anilines is 1. The van der Waals surface area contributed by atoms with Crippen molar-refractivity contribution in [3.8, 4) is 0 Å². The zero-order valence-corrected chi connectivity index (χ0v) is 13.9. The third kappa shape index (κ3) is 3.96. The summed E-state index contributed by atoms with van der Waals surface area (Å²) in [7, 11) is 1.47. The summed E-state index contributed by atoms with van der Waals surface area (Å²) in [6.45, 7) is 0. The molecule has 2 aromatic carbocycles. The smallest absolute Gasteiger partial charge is 0.357 e. The first-order chi connectivity index (χ1) is 12.4. The first kappa shape index (κ1) is 17.8. The molecule has 0 saturated carbocycles. The van der Waals surface area contributed by atoms with E-state index >= 15 is 0 Å². The number of carbonyl (C=O) groups excluding carboxylic acids is 1. The van der Waals surface area contributed by atoms with Crippen LogP contribution in [0, 0.1) is 0 Å². The lowest BCUT2D eigenvalue weighted by Gasteiger charge is -2.17. The van der Waals surface area contributed by atoms with E-state index < -0.39 is 17.8 Å². The molecule has 8 heteroatoms. The molecule has 3 aromatic rings. The summed E-state index contributed by atoms with van der Waals surface area (Å²) in [5, 5.41) is 5.48. The topological polar surface area (TPSA) is 69.8 Å². The number of rotatable bonds is 5. The highest BCUT2D eigenvalue weighted by atomic mass is 19.4. The summed E-state index contributed by atoms with van der Waals surface area (Å²) in [6.07, 6.45) is -4.34. The Morgan fingerprint density at radius 2 is 1.96 bits per heavy atom. The van der Waals surface area contributed by atoms with Crippen molar-refractivity contribution in [2.45, 2.75) is 18.6 Å². The molecule has 0 aliphatic carbocycles. The first-order valence-corrected chi connectivity index (χ1v) is 7.96. The average Bonchev–Trinajstić information content (AvgIpc) is 3.02. The number of hydrogen-bond acceptors (Lipinski definition) is 3. The minimum Gasteiger partial charge on any atom is -0.357 e. The maximum Gasteiger partial charge on any atom is 0.416 e. The Hall–Kier alpha value is -3.03. The van der Waals surface area contributed by atoms with Gasteiger partial charge in [-0.2, -0.15) is 13.2 Å². The fourth-order valence-electron chi connectivity index (χ4n) is 2.68. The van der Waals surface area contributed by atoms with Crippen LogP contribution in [0.15, 0.2) is 48.5 Å². The predicted octanol–water partition coefficient (Wildman–Crippen LogP) is 3.35. The molecule has 3 N–H and O–H groups in total. The van der Waals surface area contributed by atoms with E-state index in [0.29, 0.717) is 11.5 Å². The number of nitrogens with zero attached hydrogens (tertiary/aromatic N) is 1. The Morgan fingerprint density at radius 3 is 2.65 bits per heavy atom. The normalized spacial score (nSPS) is 12.8. The molecule has 1 atom stereocenters. The maximum absolute atomic E-state index is 12.9. The monoisotopic (exact) mass is 362 g/mol. The maximum atomic E-state index is 12.9. The van der Waals surface area contributed by atoms with Crippen molar-refractivity contribution in [1.29, 1.82) is 0 Å². The van der Waals surface area contributed by atoms with Gasteiger partial charge in [-0.05, 0) is 23.8 Å². The quantitative estimate of drug-likeness (QED) is 0.652. The van der Waals surface area contributed by atoms with Gasteiger partial charge in [0.05, 0.1) is 16.6 Å². The molecule has 26 heavy (non-hydrogen) atoms. The van der Waals surface area contributed by atoms with Crippen molar-refractivity contribution in [2.24, 2.45) is 0 Å². The van der Waals surface area contributed by atoms with Gasteiger partial charge >= 0.3 is 6.18 Å². The van der Waals surface area contributed by atoms with Crippen molar-refractivity contribution in [2.75, 3.05) is 12.4 Å². The Morgan fingerprint density at radius 1 is 1.19 bits per heavy atom. The van der Waals surface area contributed by atoms with Gasteiger partial charge in [-0.25, -0.2) is 4.98 Å². The van der Waals surface area contributed by atoms with Crippen molar-refractivity contribution < 1.29 is 18.0 Å². The largest absolute Gasteiger partial charge is 0.416 e. The van der Waals surface area contributed by atoms with Crippen LogP contribution in [0.1, 0.15) is 11.1 Å². The lowest BCUT2D eigenvalue weighted by atomic mass is 10.0. The molecule has 0 radical (unpaired) electrons. The van der Waals surface area contributed by atoms with Gasteiger partial charge in [0.25, 0.3) is 0 Å². The van der Waals surface area contributed by atoms with Gasteiger partial charge in [-0.3, -0.25) is 4.79 Å². The summed E-state index contributed by atoms with van der Waals surface area (Å²) in [5.41, 5.74) is 1.18. The number of halogens is 3. The summed E-state index contributed by atoms with van der Waals surface area (Å²) < 4.78 is 38.7. The van der Waals surface area contributed by atoms with Crippen molar-refractivity contribution in [1.82, 2.24) is 15.3 Å². The van der Waals surface area contributed by atoms with E-state index in [4.69, 9.17) is 0 Å². The highest BCUT2D eigenvalue weighted by molar-refractivity contribution is 5.85. The van der Waals surface area contributed by atoms with Crippen LogP contribution in [0.3, 0.4) is 0 Å². The lowest BCUT2D eigenvalue weighted by Crippen LogP contribution is -2.39. The van der Waals surface area contributed by atoms with Gasteiger partial charge in [0.15, 0.2) is 0 Å². The molecule has 0 spiro atoms. The van der Waals surface area contributed by atoms with E-state index in [-0.39, 0.29) is 12.3 Å². The minimum absolute atomic E-state index is 0.0840. The van der Waals surface area contributed by atoms with E-state index in [9.17, 15) is 18.0 Å². The van der Waals surface area contributed by atoms with Crippen molar-refractivity contribution in [3.05, 3.63) is 59.7 Å². The Bertz CT molecular complexity index is 887. The Kier molecular flexibility index (Phi) is 4.83. The molecule has 0 aliphatic rings. The van der Waals surface area contributed by atoms with Crippen LogP contribution in [-0.4, -0.2) is 29.0 Å². The number of likely N-dealkylation sites (N-methyl/N-ethyl adjacent to an activating group) is 1. The molecule has 0 fully saturated rings. The molecule has 0 aliphatic heterocycles. The van der Waals surface area contributed by atoms with Gasteiger partial charge in [0.1, 0.15) is 6.04 Å². The van der Waals surface area contributed by atoms with Crippen LogP contribution in [-0.2, 0) is 17.4 Å². The Balaban J connectivity index is 1.83. The SMILES string of the molecule is CNC(=O)C(Cc1cccc(C(F)(F)F)c1)Nc1nc2ccccc2[nH]1. The second-order valence-electron chi connectivity index (χ2n) is 5.82. The number of imidazole rings is 1. The highest BCUT2D eigenvalue weighted by Crippen LogP contribution is 2.29. The van der Waals surface area contributed by atoms with E-state index in [0.717, 1.165) is 23.2 Å². The second kappa shape index (κ2) is 7.07. The van der Waals surface area contributed by atoms with Crippen molar-refractivity contribution >= 4 is 22.9 Å². The van der Waals surface area contributed by atoms with Gasteiger partial charge in [-0.1, -0.05) is 30.3 Å². The number of hydrogen-bond donors (Lipinski definition) is 3. The van der Waals surface area contributed by atoms with Crippen LogP contribution in [0.2, 0.25) is 0 Å². The molecular formula is C18H17F3N4O. The minimum atomic E-state index is -4.43. The number of nitrogens with one attached hydrogen (secondary N) is 3. The zero-order valence-electron chi connectivity index (χ0n) is 13.9. The summed E-state index contributed by atoms with van der Waals surface area (Å²) in [4.78, 5) is 19.6. The molecule has 1 heterocycles. The summed E-state index contributed by atoms with van der Waals surface area (Å²) in [5.74, 6) is 0.0367. The summed E-state index contributed by atoms with van der Waals surface area (Å²) in [6, 6.07) is 11.5. The highest BCUT2D eigenvalue weighted by Gasteiger charge is 2.30. The van der Waals surface area contributed by atoms with Gasteiger partial charge in [-0.15, -0.1) is 0 Å². The summed E-state index contributed by atoms with van der Waals surface area (Å²) >= 11 is 0. The predicted molar refractivity (Wildman–Crippen MR) is 92.7 cm³/mol. The number of para-hydroxylation sites is 2. The van der Waals surface area contributed by atoms with Gasteiger partial charge in [0, 0.05) is 13.5 Å². The number of aromatic amines is 1. The molecule has 0 saturated heterocycles. The van der Waals surface area contributed by atoms with E-state index in [1.54, 1.807) is 6.07 Å². The number of H-pyrrole nitrogens is 1. The zero-order chi connectivity index (χ0) is 18.7. The molecule has 5 nitrogen and oxygen atoms in total. The fraction of sp³-hybridized carbons (Fsp3) is 0.222.